The molecule has 0 saturated heterocycles. The van der Waals surface area contributed by atoms with E-state index in [2.05, 4.69) is 25.3 Å². The summed E-state index contributed by atoms with van der Waals surface area (Å²) in [6.45, 7) is 0.934. The molecular formula is C16H17N5OS. The summed E-state index contributed by atoms with van der Waals surface area (Å²) in [5, 5.41) is 14.0. The zero-order chi connectivity index (χ0) is 15.9. The van der Waals surface area contributed by atoms with Gasteiger partial charge in [-0.2, -0.15) is 0 Å². The van der Waals surface area contributed by atoms with Gasteiger partial charge in [0.1, 0.15) is 0 Å². The lowest BCUT2D eigenvalue weighted by molar-refractivity contribution is 0.286. The molecular weight excluding hydrogens is 310 g/mol. The molecule has 0 amide bonds. The topological polar surface area (TPSA) is 83.8 Å². The number of nitrogens with one attached hydrogen (secondary N) is 1. The third kappa shape index (κ3) is 3.88. The Bertz CT molecular complexity index is 733. The summed E-state index contributed by atoms with van der Waals surface area (Å²) in [5.41, 5.74) is 2.46. The van der Waals surface area contributed by atoms with Crippen LogP contribution in [-0.2, 0) is 0 Å². The highest BCUT2D eigenvalue weighted by Gasteiger charge is 2.13. The van der Waals surface area contributed by atoms with Crippen LogP contribution in [0.1, 0.15) is 12.8 Å². The van der Waals surface area contributed by atoms with Crippen LogP contribution in [0.3, 0.4) is 0 Å². The average Bonchev–Trinajstić information content (AvgIpc) is 3.14. The largest absolute Gasteiger partial charge is 0.396 e. The maximum atomic E-state index is 8.82. The number of anilines is 1. The molecule has 0 unspecified atom stereocenters. The zero-order valence-electron chi connectivity index (χ0n) is 12.5. The smallest absolute Gasteiger partial charge is 0.223 e. The van der Waals surface area contributed by atoms with Crippen LogP contribution < -0.4 is 5.32 Å². The summed E-state index contributed by atoms with van der Waals surface area (Å²) < 4.78 is 0. The van der Waals surface area contributed by atoms with Gasteiger partial charge in [-0.25, -0.2) is 9.97 Å². The minimum atomic E-state index is 0.203. The Balaban J connectivity index is 1.91. The lowest BCUT2D eigenvalue weighted by Gasteiger charge is -2.09. The zero-order valence-corrected chi connectivity index (χ0v) is 13.3. The second-order valence-electron chi connectivity index (χ2n) is 4.88. The minimum Gasteiger partial charge on any atom is -0.396 e. The molecule has 0 aliphatic carbocycles. The highest BCUT2D eigenvalue weighted by atomic mass is 32.1. The number of hydrogen-bond donors (Lipinski definition) is 2. The molecule has 7 heteroatoms. The van der Waals surface area contributed by atoms with Gasteiger partial charge in [-0.1, -0.05) is 6.07 Å². The maximum Gasteiger partial charge on any atom is 0.223 e. The van der Waals surface area contributed by atoms with Crippen molar-refractivity contribution in [1.29, 1.82) is 0 Å². The molecule has 0 aromatic carbocycles. The summed E-state index contributed by atoms with van der Waals surface area (Å²) in [6.07, 6.45) is 8.44. The van der Waals surface area contributed by atoms with E-state index >= 15 is 0 Å². The van der Waals surface area contributed by atoms with E-state index in [0.29, 0.717) is 5.95 Å². The molecule has 2 N–H and O–H groups in total. The normalized spacial score (nSPS) is 10.7. The van der Waals surface area contributed by atoms with E-state index in [1.165, 1.54) is 0 Å². The molecule has 0 aliphatic heterocycles. The van der Waals surface area contributed by atoms with E-state index in [-0.39, 0.29) is 6.61 Å². The maximum absolute atomic E-state index is 8.82. The molecule has 0 bridgehead atoms. The van der Waals surface area contributed by atoms with Gasteiger partial charge in [0.05, 0.1) is 22.5 Å². The van der Waals surface area contributed by atoms with E-state index < -0.39 is 0 Å². The number of unbranched alkanes of at least 4 members (excludes halogenated alkanes) is 1. The third-order valence-electron chi connectivity index (χ3n) is 3.25. The molecule has 0 fully saturated rings. The number of rotatable bonds is 7. The average molecular weight is 327 g/mol. The van der Waals surface area contributed by atoms with Gasteiger partial charge in [0, 0.05) is 37.3 Å². The van der Waals surface area contributed by atoms with Crippen LogP contribution in [0.25, 0.3) is 21.8 Å². The van der Waals surface area contributed by atoms with E-state index in [4.69, 9.17) is 5.11 Å². The molecule has 3 rings (SSSR count). The summed E-state index contributed by atoms with van der Waals surface area (Å²) in [4.78, 5) is 18.6. The molecule has 0 spiro atoms. The van der Waals surface area contributed by atoms with E-state index in [9.17, 15) is 0 Å². The van der Waals surface area contributed by atoms with Crippen LogP contribution in [-0.4, -0.2) is 38.2 Å². The fourth-order valence-corrected chi connectivity index (χ4v) is 2.86. The van der Waals surface area contributed by atoms with Gasteiger partial charge in [-0.15, -0.1) is 11.3 Å². The molecule has 3 heterocycles. The van der Waals surface area contributed by atoms with Crippen molar-refractivity contribution in [2.24, 2.45) is 0 Å². The third-order valence-corrected chi connectivity index (χ3v) is 4.13. The van der Waals surface area contributed by atoms with Crippen molar-refractivity contribution in [2.75, 3.05) is 18.5 Å². The molecule has 118 valence electrons. The summed E-state index contributed by atoms with van der Waals surface area (Å²) >= 11 is 1.63. The Morgan fingerprint density at radius 1 is 1.13 bits per heavy atom. The van der Waals surface area contributed by atoms with Gasteiger partial charge in [-0.3, -0.25) is 9.97 Å². The molecule has 0 saturated carbocycles. The Morgan fingerprint density at radius 2 is 2.09 bits per heavy atom. The van der Waals surface area contributed by atoms with Crippen LogP contribution in [0.15, 0.2) is 42.3 Å². The summed E-state index contributed by atoms with van der Waals surface area (Å²) in [7, 11) is 0. The Hall–Kier alpha value is -2.38. The molecule has 3 aromatic heterocycles. The standard InChI is InChI=1S/C16H17N5OS/c22-8-2-1-5-19-16-20-10-12(13-11-17-6-7-18-13)15(21-16)14-4-3-9-23-14/h3-4,6-7,9-11,22H,1-2,5,8H2,(H,19,20,21). The van der Waals surface area contributed by atoms with Crippen molar-refractivity contribution in [1.82, 2.24) is 19.9 Å². The lowest BCUT2D eigenvalue weighted by Crippen LogP contribution is -2.07. The van der Waals surface area contributed by atoms with Crippen molar-refractivity contribution < 1.29 is 5.11 Å². The van der Waals surface area contributed by atoms with Crippen LogP contribution in [0.5, 0.6) is 0 Å². The van der Waals surface area contributed by atoms with Gasteiger partial charge in [-0.05, 0) is 24.3 Å². The van der Waals surface area contributed by atoms with Crippen molar-refractivity contribution in [3.8, 4) is 21.8 Å². The minimum absolute atomic E-state index is 0.203. The van der Waals surface area contributed by atoms with Crippen LogP contribution >= 0.6 is 11.3 Å². The molecule has 23 heavy (non-hydrogen) atoms. The monoisotopic (exact) mass is 327 g/mol. The molecule has 3 aromatic rings. The quantitative estimate of drug-likeness (QED) is 0.649. The van der Waals surface area contributed by atoms with Crippen molar-refractivity contribution in [2.45, 2.75) is 12.8 Å². The highest BCUT2D eigenvalue weighted by Crippen LogP contribution is 2.32. The summed E-state index contributed by atoms with van der Waals surface area (Å²) in [5.74, 6) is 0.582. The van der Waals surface area contributed by atoms with Crippen molar-refractivity contribution in [3.05, 3.63) is 42.3 Å². The van der Waals surface area contributed by atoms with Gasteiger partial charge in [0.25, 0.3) is 0 Å². The van der Waals surface area contributed by atoms with Gasteiger partial charge in [0.2, 0.25) is 5.95 Å². The number of nitrogens with zero attached hydrogens (tertiary/aromatic N) is 4. The van der Waals surface area contributed by atoms with Gasteiger partial charge < -0.3 is 10.4 Å². The Kier molecular flexibility index (Phi) is 5.23. The lowest BCUT2D eigenvalue weighted by atomic mass is 10.1. The van der Waals surface area contributed by atoms with Crippen LogP contribution in [0, 0.1) is 0 Å². The van der Waals surface area contributed by atoms with E-state index in [1.807, 2.05) is 17.5 Å². The van der Waals surface area contributed by atoms with E-state index in [0.717, 1.165) is 41.2 Å². The first-order valence-corrected chi connectivity index (χ1v) is 8.28. The van der Waals surface area contributed by atoms with Crippen molar-refractivity contribution in [3.63, 3.8) is 0 Å². The Labute approximate surface area is 138 Å². The van der Waals surface area contributed by atoms with Gasteiger partial charge >= 0.3 is 0 Å². The van der Waals surface area contributed by atoms with Crippen LogP contribution in [0.2, 0.25) is 0 Å². The molecule has 0 radical (unpaired) electrons. The van der Waals surface area contributed by atoms with Crippen molar-refractivity contribution >= 4 is 17.3 Å². The van der Waals surface area contributed by atoms with E-state index in [1.54, 1.807) is 36.1 Å². The highest BCUT2D eigenvalue weighted by molar-refractivity contribution is 7.13. The summed E-state index contributed by atoms with van der Waals surface area (Å²) in [6, 6.07) is 4.03. The molecule has 0 atom stereocenters. The number of aromatic nitrogens is 4. The first-order chi connectivity index (χ1) is 11.4. The second kappa shape index (κ2) is 7.75. The fraction of sp³-hybridized carbons (Fsp3) is 0.250. The predicted molar refractivity (Wildman–Crippen MR) is 91.2 cm³/mol. The number of aliphatic hydroxyl groups excluding tert-OH is 1. The predicted octanol–water partition coefficient (Wildman–Crippen LogP) is 2.85. The number of hydrogen-bond acceptors (Lipinski definition) is 7. The first-order valence-electron chi connectivity index (χ1n) is 7.40. The molecule has 0 aliphatic rings. The molecule has 6 nitrogen and oxygen atoms in total. The number of thiophene rings is 1. The fourth-order valence-electron chi connectivity index (χ4n) is 2.13. The Morgan fingerprint density at radius 3 is 2.83 bits per heavy atom. The van der Waals surface area contributed by atoms with Gasteiger partial charge in [0.15, 0.2) is 0 Å². The SMILES string of the molecule is OCCCCNc1ncc(-c2cnccn2)c(-c2cccs2)n1. The second-order valence-corrected chi connectivity index (χ2v) is 5.83. The first kappa shape index (κ1) is 15.5. The number of aliphatic hydroxyl groups is 1. The van der Waals surface area contributed by atoms with Crippen LogP contribution in [0.4, 0.5) is 5.95 Å².